The number of aliphatic hydroxyl groups excluding tert-OH is 1. The predicted molar refractivity (Wildman–Crippen MR) is 118 cm³/mol. The lowest BCUT2D eigenvalue weighted by Gasteiger charge is -2.38. The molecule has 0 saturated heterocycles. The van der Waals surface area contributed by atoms with Gasteiger partial charge in [0.05, 0.1) is 18.4 Å². The molecule has 1 atom stereocenters. The van der Waals surface area contributed by atoms with E-state index in [2.05, 4.69) is 20.4 Å². The lowest BCUT2D eigenvalue weighted by atomic mass is 10.2. The van der Waals surface area contributed by atoms with Crippen molar-refractivity contribution in [1.29, 1.82) is 0 Å². The number of imidazole rings is 1. The maximum atomic E-state index is 13.2. The van der Waals surface area contributed by atoms with E-state index in [1.165, 1.54) is 20.7 Å². The van der Waals surface area contributed by atoms with Crippen molar-refractivity contribution in [2.75, 3.05) is 17.3 Å². The third-order valence-electron chi connectivity index (χ3n) is 5.43. The highest BCUT2D eigenvalue weighted by Crippen LogP contribution is 2.29. The third kappa shape index (κ3) is 3.78. The Kier molecular flexibility index (Phi) is 5.02. The largest absolute Gasteiger partial charge is 0.361 e. The number of benzene rings is 1. The standard InChI is InChI=1S/C22H21N7O4/c1-13-9-15(26-33-13)10-29-21(31)19-20(27(2)22(29)32)23-12-28(19)11-18(30)25-17-8-7-14-5-3-4-6-16(14)24-17/h3-9,12,22,32H,10-11H2,1-2H3,(H,24,25,30). The molecule has 11 nitrogen and oxygen atoms in total. The van der Waals surface area contributed by atoms with Crippen molar-refractivity contribution in [3.63, 3.8) is 0 Å². The molecule has 0 radical (unpaired) electrons. The third-order valence-corrected chi connectivity index (χ3v) is 5.43. The van der Waals surface area contributed by atoms with Crippen molar-refractivity contribution in [1.82, 2.24) is 24.6 Å². The molecule has 0 saturated carbocycles. The first-order valence-electron chi connectivity index (χ1n) is 10.3. The number of nitrogens with one attached hydrogen (secondary N) is 1. The van der Waals surface area contributed by atoms with Gasteiger partial charge in [-0.2, -0.15) is 0 Å². The van der Waals surface area contributed by atoms with Gasteiger partial charge < -0.3 is 24.4 Å². The number of rotatable bonds is 5. The van der Waals surface area contributed by atoms with Gasteiger partial charge in [-0.1, -0.05) is 23.4 Å². The smallest absolute Gasteiger partial charge is 0.278 e. The maximum Gasteiger partial charge on any atom is 0.278 e. The van der Waals surface area contributed by atoms with Gasteiger partial charge in [-0.15, -0.1) is 0 Å². The Hall–Kier alpha value is -4.25. The topological polar surface area (TPSA) is 130 Å². The summed E-state index contributed by atoms with van der Waals surface area (Å²) >= 11 is 0. The second-order valence-electron chi connectivity index (χ2n) is 7.80. The average molecular weight is 447 g/mol. The highest BCUT2D eigenvalue weighted by atomic mass is 16.5. The fraction of sp³-hybridized carbons (Fsp3) is 0.227. The fourth-order valence-corrected chi connectivity index (χ4v) is 3.82. The van der Waals surface area contributed by atoms with Gasteiger partial charge in [-0.25, -0.2) is 9.97 Å². The fourth-order valence-electron chi connectivity index (χ4n) is 3.82. The van der Waals surface area contributed by atoms with E-state index in [0.717, 1.165) is 10.9 Å². The van der Waals surface area contributed by atoms with E-state index in [4.69, 9.17) is 4.52 Å². The normalized spacial score (nSPS) is 15.7. The first-order valence-corrected chi connectivity index (χ1v) is 10.3. The summed E-state index contributed by atoms with van der Waals surface area (Å²) in [6, 6.07) is 12.9. The number of aliphatic hydroxyl groups is 1. The number of carbonyl (C=O) groups is 2. The van der Waals surface area contributed by atoms with Crippen LogP contribution in [-0.4, -0.2) is 54.9 Å². The number of anilines is 2. The van der Waals surface area contributed by atoms with Crippen LogP contribution in [0.2, 0.25) is 0 Å². The molecule has 2 N–H and O–H groups in total. The summed E-state index contributed by atoms with van der Waals surface area (Å²) in [5.41, 5.74) is 1.47. The van der Waals surface area contributed by atoms with Gasteiger partial charge in [-0.3, -0.25) is 14.5 Å². The first kappa shape index (κ1) is 20.6. The van der Waals surface area contributed by atoms with E-state index in [1.54, 1.807) is 26.1 Å². The molecule has 4 aromatic rings. The second kappa shape index (κ2) is 8.02. The Bertz CT molecular complexity index is 1360. The molecule has 3 aromatic heterocycles. The van der Waals surface area contributed by atoms with Crippen LogP contribution in [0.4, 0.5) is 11.6 Å². The SMILES string of the molecule is Cc1cc(CN2C(=O)c3c(ncn3CC(=O)Nc3ccc4ccccc4n3)N(C)C2O)no1. The van der Waals surface area contributed by atoms with Gasteiger partial charge in [0.2, 0.25) is 12.3 Å². The van der Waals surface area contributed by atoms with Crippen LogP contribution in [0.1, 0.15) is 21.9 Å². The average Bonchev–Trinajstić information content (AvgIpc) is 3.41. The van der Waals surface area contributed by atoms with Crippen molar-refractivity contribution >= 4 is 34.4 Å². The van der Waals surface area contributed by atoms with Crippen LogP contribution < -0.4 is 10.2 Å². The minimum atomic E-state index is -1.24. The molecule has 4 heterocycles. The first-order chi connectivity index (χ1) is 15.9. The molecule has 1 aromatic carbocycles. The number of aryl methyl sites for hydroxylation is 1. The lowest BCUT2D eigenvalue weighted by molar-refractivity contribution is -0.116. The summed E-state index contributed by atoms with van der Waals surface area (Å²) in [5, 5.41) is 18.3. The summed E-state index contributed by atoms with van der Waals surface area (Å²) in [4.78, 5) is 37.3. The molecule has 0 bridgehead atoms. The Morgan fingerprint density at radius 3 is 2.85 bits per heavy atom. The summed E-state index contributed by atoms with van der Waals surface area (Å²) in [7, 11) is 1.62. The van der Waals surface area contributed by atoms with Gasteiger partial charge in [0.15, 0.2) is 11.5 Å². The van der Waals surface area contributed by atoms with Crippen LogP contribution in [0.3, 0.4) is 0 Å². The van der Waals surface area contributed by atoms with Crippen LogP contribution in [0.25, 0.3) is 10.9 Å². The van der Waals surface area contributed by atoms with Crippen LogP contribution in [0, 0.1) is 6.92 Å². The van der Waals surface area contributed by atoms with Crippen molar-refractivity contribution in [3.8, 4) is 0 Å². The number of fused-ring (bicyclic) bond motifs is 2. The molecule has 2 amide bonds. The van der Waals surface area contributed by atoms with E-state index < -0.39 is 12.3 Å². The van der Waals surface area contributed by atoms with Crippen LogP contribution >= 0.6 is 0 Å². The maximum absolute atomic E-state index is 13.2. The number of nitrogens with zero attached hydrogens (tertiary/aromatic N) is 6. The van der Waals surface area contributed by atoms with Gasteiger partial charge in [0.1, 0.15) is 23.8 Å². The Morgan fingerprint density at radius 2 is 2.06 bits per heavy atom. The van der Waals surface area contributed by atoms with E-state index in [9.17, 15) is 14.7 Å². The van der Waals surface area contributed by atoms with Gasteiger partial charge >= 0.3 is 0 Å². The van der Waals surface area contributed by atoms with Crippen molar-refractivity contribution in [2.45, 2.75) is 26.4 Å². The van der Waals surface area contributed by atoms with Crippen molar-refractivity contribution in [2.24, 2.45) is 0 Å². The number of aromatic nitrogens is 4. The van der Waals surface area contributed by atoms with E-state index in [-0.39, 0.29) is 30.5 Å². The monoisotopic (exact) mass is 447 g/mol. The number of amides is 2. The Labute approximate surface area is 188 Å². The summed E-state index contributed by atoms with van der Waals surface area (Å²) in [6.07, 6.45) is 0.170. The molecule has 0 fully saturated rings. The number of pyridine rings is 1. The van der Waals surface area contributed by atoms with E-state index in [1.807, 2.05) is 30.3 Å². The molecule has 1 aliphatic heterocycles. The van der Waals surface area contributed by atoms with Gasteiger partial charge in [0, 0.05) is 18.5 Å². The van der Waals surface area contributed by atoms with Crippen molar-refractivity contribution in [3.05, 3.63) is 65.9 Å². The minimum Gasteiger partial charge on any atom is -0.361 e. The molecule has 168 valence electrons. The predicted octanol–water partition coefficient (Wildman–Crippen LogP) is 1.73. The van der Waals surface area contributed by atoms with Crippen LogP contribution in [0.15, 0.2) is 53.3 Å². The number of hydrogen-bond acceptors (Lipinski definition) is 8. The molecular weight excluding hydrogens is 426 g/mol. The number of para-hydroxylation sites is 1. The number of carbonyl (C=O) groups excluding carboxylic acids is 2. The second-order valence-corrected chi connectivity index (χ2v) is 7.80. The summed E-state index contributed by atoms with van der Waals surface area (Å²) in [5.74, 6) is 0.469. The zero-order valence-electron chi connectivity index (χ0n) is 18.0. The molecule has 33 heavy (non-hydrogen) atoms. The van der Waals surface area contributed by atoms with Crippen LogP contribution in [0.5, 0.6) is 0 Å². The molecule has 5 rings (SSSR count). The van der Waals surface area contributed by atoms with Crippen LogP contribution in [-0.2, 0) is 17.9 Å². The van der Waals surface area contributed by atoms with Gasteiger partial charge in [-0.05, 0) is 25.1 Å². The summed E-state index contributed by atoms with van der Waals surface area (Å²) < 4.78 is 6.51. The molecule has 11 heteroatoms. The summed E-state index contributed by atoms with van der Waals surface area (Å²) in [6.45, 7) is 1.64. The van der Waals surface area contributed by atoms with Crippen molar-refractivity contribution < 1.29 is 19.2 Å². The number of hydrogen-bond donors (Lipinski definition) is 2. The van der Waals surface area contributed by atoms with E-state index in [0.29, 0.717) is 17.3 Å². The zero-order chi connectivity index (χ0) is 23.1. The molecular formula is C22H21N7O4. The van der Waals surface area contributed by atoms with Gasteiger partial charge in [0.25, 0.3) is 5.91 Å². The van der Waals surface area contributed by atoms with E-state index >= 15 is 0 Å². The highest BCUT2D eigenvalue weighted by molar-refractivity contribution is 6.00. The highest BCUT2D eigenvalue weighted by Gasteiger charge is 2.39. The molecule has 0 aliphatic carbocycles. The molecule has 1 aliphatic rings. The quantitative estimate of drug-likeness (QED) is 0.473. The Balaban J connectivity index is 1.36. The minimum absolute atomic E-state index is 0.0412. The Morgan fingerprint density at radius 1 is 1.24 bits per heavy atom. The molecule has 1 unspecified atom stereocenters. The lowest BCUT2D eigenvalue weighted by Crippen LogP contribution is -2.54. The zero-order valence-corrected chi connectivity index (χ0v) is 18.0. The molecule has 0 spiro atoms.